The number of benzene rings is 1. The number of aromatic nitrogens is 2. The zero-order valence-corrected chi connectivity index (χ0v) is 10.7. The maximum absolute atomic E-state index is 12.6. The third-order valence-electron chi connectivity index (χ3n) is 3.45. The number of ketones is 2. The summed E-state index contributed by atoms with van der Waals surface area (Å²) < 4.78 is 5.12. The number of fused-ring (bicyclic) bond motifs is 2. The van der Waals surface area contributed by atoms with Gasteiger partial charge in [0.15, 0.2) is 5.78 Å². The molecule has 0 saturated carbocycles. The lowest BCUT2D eigenvalue weighted by molar-refractivity contribution is 0.0955. The second kappa shape index (κ2) is 4.21. The van der Waals surface area contributed by atoms with E-state index in [-0.39, 0.29) is 22.9 Å². The molecule has 0 aliphatic heterocycles. The SMILES string of the molecule is O=C1c2ccccc2C(=O)c2c(-c3ccccn3)noc21. The third-order valence-corrected chi connectivity index (χ3v) is 3.45. The standard InChI is InChI=1S/C16H8N2O3/c19-14-9-5-1-2-6-10(9)15(20)16-12(14)13(18-21-16)11-7-3-4-8-17-11/h1-8H. The molecule has 0 unspecified atom stereocenters. The van der Waals surface area contributed by atoms with Gasteiger partial charge in [-0.2, -0.15) is 0 Å². The van der Waals surface area contributed by atoms with E-state index in [0.29, 0.717) is 22.5 Å². The first-order chi connectivity index (χ1) is 10.3. The molecule has 0 saturated heterocycles. The molecule has 0 spiro atoms. The minimum absolute atomic E-state index is 0.0145. The normalized spacial score (nSPS) is 13.0. The topological polar surface area (TPSA) is 73.1 Å². The van der Waals surface area contributed by atoms with E-state index in [1.54, 1.807) is 48.7 Å². The smallest absolute Gasteiger partial charge is 0.232 e. The van der Waals surface area contributed by atoms with Gasteiger partial charge in [0.1, 0.15) is 11.3 Å². The van der Waals surface area contributed by atoms with Crippen LogP contribution in [0.2, 0.25) is 0 Å². The van der Waals surface area contributed by atoms with Crippen molar-refractivity contribution >= 4 is 11.6 Å². The van der Waals surface area contributed by atoms with Crippen LogP contribution in [-0.4, -0.2) is 21.7 Å². The quantitative estimate of drug-likeness (QED) is 0.534. The summed E-state index contributed by atoms with van der Waals surface area (Å²) in [7, 11) is 0. The first-order valence-electron chi connectivity index (χ1n) is 6.37. The Kier molecular flexibility index (Phi) is 2.35. The molecule has 1 aliphatic carbocycles. The summed E-state index contributed by atoms with van der Waals surface area (Å²) in [6.45, 7) is 0. The zero-order valence-electron chi connectivity index (χ0n) is 10.7. The fourth-order valence-corrected chi connectivity index (χ4v) is 2.47. The predicted molar refractivity (Wildman–Crippen MR) is 73.0 cm³/mol. The highest BCUT2D eigenvalue weighted by Crippen LogP contribution is 2.33. The van der Waals surface area contributed by atoms with Crippen LogP contribution in [0.5, 0.6) is 0 Å². The van der Waals surface area contributed by atoms with E-state index < -0.39 is 0 Å². The first kappa shape index (κ1) is 11.7. The van der Waals surface area contributed by atoms with E-state index in [2.05, 4.69) is 10.1 Å². The minimum atomic E-state index is -0.324. The van der Waals surface area contributed by atoms with Gasteiger partial charge < -0.3 is 4.52 Å². The van der Waals surface area contributed by atoms with Crippen LogP contribution < -0.4 is 0 Å². The van der Waals surface area contributed by atoms with Crippen molar-refractivity contribution in [2.24, 2.45) is 0 Å². The Hall–Kier alpha value is -3.08. The Morgan fingerprint density at radius 1 is 0.857 bits per heavy atom. The van der Waals surface area contributed by atoms with Gasteiger partial charge in [-0.25, -0.2) is 0 Å². The fraction of sp³-hybridized carbons (Fsp3) is 0. The average Bonchev–Trinajstić information content (AvgIpc) is 2.99. The summed E-state index contributed by atoms with van der Waals surface area (Å²) in [5.74, 6) is -0.601. The van der Waals surface area contributed by atoms with Gasteiger partial charge in [-0.15, -0.1) is 0 Å². The summed E-state index contributed by atoms with van der Waals surface area (Å²) in [5, 5.41) is 3.87. The molecular weight excluding hydrogens is 268 g/mol. The predicted octanol–water partition coefficient (Wildman–Crippen LogP) is 2.51. The summed E-state index contributed by atoms with van der Waals surface area (Å²) in [4.78, 5) is 29.2. The molecule has 0 amide bonds. The molecular formula is C16H8N2O3. The molecule has 2 aromatic heterocycles. The Bertz CT molecular complexity index is 882. The largest absolute Gasteiger partial charge is 0.351 e. The number of carbonyl (C=O) groups is 2. The van der Waals surface area contributed by atoms with Crippen LogP contribution in [0, 0.1) is 0 Å². The van der Waals surface area contributed by atoms with Gasteiger partial charge in [0, 0.05) is 17.3 Å². The van der Waals surface area contributed by atoms with E-state index >= 15 is 0 Å². The monoisotopic (exact) mass is 276 g/mol. The van der Waals surface area contributed by atoms with Gasteiger partial charge in [-0.05, 0) is 12.1 Å². The summed E-state index contributed by atoms with van der Waals surface area (Å²) in [6, 6.07) is 11.9. The Balaban J connectivity index is 1.98. The maximum Gasteiger partial charge on any atom is 0.232 e. The summed E-state index contributed by atoms with van der Waals surface area (Å²) in [6.07, 6.45) is 1.60. The zero-order chi connectivity index (χ0) is 14.4. The Labute approximate surface area is 119 Å². The number of nitrogens with zero attached hydrogens (tertiary/aromatic N) is 2. The highest BCUT2D eigenvalue weighted by atomic mass is 16.5. The van der Waals surface area contributed by atoms with E-state index in [1.165, 1.54) is 0 Å². The van der Waals surface area contributed by atoms with Crippen molar-refractivity contribution in [3.8, 4) is 11.4 Å². The van der Waals surface area contributed by atoms with Crippen LogP contribution in [0.4, 0.5) is 0 Å². The van der Waals surface area contributed by atoms with Crippen molar-refractivity contribution in [1.82, 2.24) is 10.1 Å². The second-order valence-electron chi connectivity index (χ2n) is 4.65. The van der Waals surface area contributed by atoms with E-state index in [1.807, 2.05) is 0 Å². The first-order valence-corrected chi connectivity index (χ1v) is 6.37. The third kappa shape index (κ3) is 1.57. The molecule has 2 heterocycles. The molecule has 0 radical (unpaired) electrons. The maximum atomic E-state index is 12.6. The molecule has 0 atom stereocenters. The molecule has 5 nitrogen and oxygen atoms in total. The van der Waals surface area contributed by atoms with Crippen LogP contribution in [0.1, 0.15) is 32.0 Å². The van der Waals surface area contributed by atoms with Gasteiger partial charge in [-0.3, -0.25) is 14.6 Å². The van der Waals surface area contributed by atoms with Gasteiger partial charge >= 0.3 is 0 Å². The van der Waals surface area contributed by atoms with Crippen LogP contribution >= 0.6 is 0 Å². The van der Waals surface area contributed by atoms with Crippen molar-refractivity contribution in [2.75, 3.05) is 0 Å². The van der Waals surface area contributed by atoms with Gasteiger partial charge in [-0.1, -0.05) is 35.5 Å². The van der Waals surface area contributed by atoms with Crippen LogP contribution in [-0.2, 0) is 0 Å². The average molecular weight is 276 g/mol. The van der Waals surface area contributed by atoms with Crippen LogP contribution in [0.25, 0.3) is 11.4 Å². The molecule has 1 aromatic carbocycles. The number of pyridine rings is 1. The molecule has 4 rings (SSSR count). The molecule has 0 bridgehead atoms. The van der Waals surface area contributed by atoms with E-state index in [9.17, 15) is 9.59 Å². The van der Waals surface area contributed by atoms with Gasteiger partial charge in [0.05, 0.1) is 5.69 Å². The minimum Gasteiger partial charge on any atom is -0.351 e. The summed E-state index contributed by atoms with van der Waals surface area (Å²) in [5.41, 5.74) is 1.72. The lowest BCUT2D eigenvalue weighted by Gasteiger charge is -2.12. The van der Waals surface area contributed by atoms with Gasteiger partial charge in [0.2, 0.25) is 11.5 Å². The molecule has 3 aromatic rings. The van der Waals surface area contributed by atoms with Crippen molar-refractivity contribution in [3.05, 3.63) is 71.1 Å². The number of hydrogen-bond acceptors (Lipinski definition) is 5. The number of rotatable bonds is 1. The van der Waals surface area contributed by atoms with E-state index in [4.69, 9.17) is 4.52 Å². The van der Waals surface area contributed by atoms with Crippen LogP contribution in [0.15, 0.2) is 53.2 Å². The lowest BCUT2D eigenvalue weighted by atomic mass is 9.87. The molecule has 0 N–H and O–H groups in total. The Morgan fingerprint density at radius 2 is 1.57 bits per heavy atom. The second-order valence-corrected chi connectivity index (χ2v) is 4.65. The molecule has 5 heteroatoms. The summed E-state index contributed by atoms with van der Waals surface area (Å²) >= 11 is 0. The molecule has 21 heavy (non-hydrogen) atoms. The molecule has 0 fully saturated rings. The number of hydrogen-bond donors (Lipinski definition) is 0. The van der Waals surface area contributed by atoms with Gasteiger partial charge in [0.25, 0.3) is 0 Å². The molecule has 100 valence electrons. The number of carbonyl (C=O) groups excluding carboxylic acids is 2. The highest BCUT2D eigenvalue weighted by molar-refractivity contribution is 6.28. The molecule has 1 aliphatic rings. The van der Waals surface area contributed by atoms with E-state index in [0.717, 1.165) is 0 Å². The van der Waals surface area contributed by atoms with Crippen molar-refractivity contribution in [3.63, 3.8) is 0 Å². The van der Waals surface area contributed by atoms with Crippen molar-refractivity contribution < 1.29 is 14.1 Å². The van der Waals surface area contributed by atoms with Crippen LogP contribution in [0.3, 0.4) is 0 Å². The van der Waals surface area contributed by atoms with Crippen molar-refractivity contribution in [2.45, 2.75) is 0 Å². The fourth-order valence-electron chi connectivity index (χ4n) is 2.47. The Morgan fingerprint density at radius 3 is 2.29 bits per heavy atom. The lowest BCUT2D eigenvalue weighted by Crippen LogP contribution is -2.19. The van der Waals surface area contributed by atoms with Crippen molar-refractivity contribution in [1.29, 1.82) is 0 Å². The highest BCUT2D eigenvalue weighted by Gasteiger charge is 2.36.